The van der Waals surface area contributed by atoms with Gasteiger partial charge in [-0.25, -0.2) is 9.59 Å². The SMILES string of the molecule is COC(=O)[C@H](CC(C)C)N1C(=O)C(CC(=O)N2CCC(N3Cc4ccccc4NC3=O)CC2)SC1c1ccccc1.[HH]. The zero-order valence-corrected chi connectivity index (χ0v) is 24.6. The van der Waals surface area contributed by atoms with Crippen molar-refractivity contribution in [2.45, 2.75) is 68.8 Å². The smallest absolute Gasteiger partial charge is 0.328 e. The third kappa shape index (κ3) is 6.22. The number of esters is 1. The van der Waals surface area contributed by atoms with Crippen molar-refractivity contribution in [2.24, 2.45) is 5.92 Å². The Labute approximate surface area is 247 Å². The molecule has 4 amide bonds. The number of thioether (sulfide) groups is 1. The van der Waals surface area contributed by atoms with Crippen molar-refractivity contribution >= 4 is 41.3 Å². The summed E-state index contributed by atoms with van der Waals surface area (Å²) in [5, 5.41) is 2.01. The van der Waals surface area contributed by atoms with Crippen LogP contribution in [0.15, 0.2) is 54.6 Å². The molecule has 5 rings (SSSR count). The lowest BCUT2D eigenvalue weighted by atomic mass is 10.00. The number of para-hydroxylation sites is 1. The van der Waals surface area contributed by atoms with Gasteiger partial charge in [-0.1, -0.05) is 62.4 Å². The molecule has 0 aliphatic carbocycles. The second kappa shape index (κ2) is 12.5. The quantitative estimate of drug-likeness (QED) is 0.447. The highest BCUT2D eigenvalue weighted by molar-refractivity contribution is 8.01. The van der Waals surface area contributed by atoms with E-state index in [2.05, 4.69) is 5.32 Å². The van der Waals surface area contributed by atoms with Gasteiger partial charge in [-0.05, 0) is 42.4 Å². The number of amides is 4. The zero-order valence-electron chi connectivity index (χ0n) is 23.8. The molecule has 9 nitrogen and oxygen atoms in total. The Bertz CT molecular complexity index is 1290. The minimum absolute atomic E-state index is 0. The van der Waals surface area contributed by atoms with E-state index in [0.29, 0.717) is 38.9 Å². The van der Waals surface area contributed by atoms with Crippen molar-refractivity contribution in [3.05, 3.63) is 65.7 Å². The van der Waals surface area contributed by atoms with Gasteiger partial charge in [0.2, 0.25) is 11.8 Å². The number of ether oxygens (including phenoxy) is 1. The molecule has 3 heterocycles. The molecule has 3 atom stereocenters. The molecule has 0 radical (unpaired) electrons. The molecule has 0 aromatic heterocycles. The zero-order chi connectivity index (χ0) is 29.1. The van der Waals surface area contributed by atoms with Gasteiger partial charge in [0.25, 0.3) is 0 Å². The average molecular weight is 581 g/mol. The number of hydrogen-bond acceptors (Lipinski definition) is 6. The number of likely N-dealkylation sites (tertiary alicyclic amines) is 1. The van der Waals surface area contributed by atoms with Crippen LogP contribution in [0.4, 0.5) is 10.5 Å². The maximum absolute atomic E-state index is 13.8. The van der Waals surface area contributed by atoms with E-state index in [1.165, 1.54) is 18.9 Å². The van der Waals surface area contributed by atoms with Gasteiger partial charge in [-0.2, -0.15) is 0 Å². The first-order chi connectivity index (χ1) is 19.8. The Morgan fingerprint density at radius 2 is 1.73 bits per heavy atom. The second-order valence-electron chi connectivity index (χ2n) is 11.3. The maximum atomic E-state index is 13.8. The van der Waals surface area contributed by atoms with Crippen molar-refractivity contribution in [3.8, 4) is 0 Å². The van der Waals surface area contributed by atoms with Gasteiger partial charge >= 0.3 is 12.0 Å². The summed E-state index contributed by atoms with van der Waals surface area (Å²) in [4.78, 5) is 58.2. The molecular formula is C31H40N4O5S. The summed E-state index contributed by atoms with van der Waals surface area (Å²) in [5.74, 6) is -0.542. The summed E-state index contributed by atoms with van der Waals surface area (Å²) < 4.78 is 5.11. The summed E-state index contributed by atoms with van der Waals surface area (Å²) in [6.45, 7) is 5.65. The van der Waals surface area contributed by atoms with Crippen LogP contribution >= 0.6 is 11.8 Å². The molecule has 41 heavy (non-hydrogen) atoms. The monoisotopic (exact) mass is 580 g/mol. The number of rotatable bonds is 8. The first-order valence-corrected chi connectivity index (χ1v) is 15.2. The topological polar surface area (TPSA) is 99.3 Å². The third-order valence-electron chi connectivity index (χ3n) is 8.14. The summed E-state index contributed by atoms with van der Waals surface area (Å²) >= 11 is 1.43. The second-order valence-corrected chi connectivity index (χ2v) is 12.6. The van der Waals surface area contributed by atoms with E-state index in [-0.39, 0.29) is 43.0 Å². The molecule has 2 aromatic carbocycles. The van der Waals surface area contributed by atoms with E-state index < -0.39 is 17.3 Å². The molecule has 2 fully saturated rings. The number of methoxy groups -OCH3 is 1. The third-order valence-corrected chi connectivity index (χ3v) is 9.60. The molecule has 10 heteroatoms. The molecule has 2 aromatic rings. The van der Waals surface area contributed by atoms with Crippen LogP contribution in [0, 0.1) is 5.92 Å². The van der Waals surface area contributed by atoms with E-state index in [9.17, 15) is 19.2 Å². The van der Waals surface area contributed by atoms with Crippen LogP contribution in [-0.4, -0.2) is 76.0 Å². The largest absolute Gasteiger partial charge is 0.467 e. The van der Waals surface area contributed by atoms with E-state index in [0.717, 1.165) is 16.8 Å². The van der Waals surface area contributed by atoms with Crippen molar-refractivity contribution in [2.75, 3.05) is 25.5 Å². The Morgan fingerprint density at radius 1 is 1.05 bits per heavy atom. The number of benzene rings is 2. The molecule has 2 unspecified atom stereocenters. The number of hydrogen-bond donors (Lipinski definition) is 1. The fraction of sp³-hybridized carbons (Fsp3) is 0.484. The molecule has 2 saturated heterocycles. The van der Waals surface area contributed by atoms with Gasteiger partial charge in [0.05, 0.1) is 12.4 Å². The molecular weight excluding hydrogens is 540 g/mol. The fourth-order valence-electron chi connectivity index (χ4n) is 6.01. The summed E-state index contributed by atoms with van der Waals surface area (Å²) in [6.07, 6.45) is 1.92. The predicted octanol–water partition coefficient (Wildman–Crippen LogP) is 4.89. The van der Waals surface area contributed by atoms with Crippen LogP contribution in [0.3, 0.4) is 0 Å². The Kier molecular flexibility index (Phi) is 8.87. The summed E-state index contributed by atoms with van der Waals surface area (Å²) in [7, 11) is 1.35. The molecule has 220 valence electrons. The van der Waals surface area contributed by atoms with Crippen LogP contribution in [0.5, 0.6) is 0 Å². The van der Waals surface area contributed by atoms with Crippen molar-refractivity contribution < 1.29 is 25.3 Å². The van der Waals surface area contributed by atoms with Gasteiger partial charge in [0.15, 0.2) is 0 Å². The fourth-order valence-corrected chi connectivity index (χ4v) is 7.49. The Hall–Kier alpha value is -3.53. The van der Waals surface area contributed by atoms with Gasteiger partial charge < -0.3 is 24.8 Å². The highest BCUT2D eigenvalue weighted by atomic mass is 32.2. The number of urea groups is 1. The van der Waals surface area contributed by atoms with Crippen molar-refractivity contribution in [1.29, 1.82) is 0 Å². The molecule has 3 aliphatic heterocycles. The highest BCUT2D eigenvalue weighted by Crippen LogP contribution is 2.46. The highest BCUT2D eigenvalue weighted by Gasteiger charge is 2.48. The number of fused-ring (bicyclic) bond motifs is 1. The van der Waals surface area contributed by atoms with Gasteiger partial charge in [-0.3, -0.25) is 9.59 Å². The minimum Gasteiger partial charge on any atom is -0.467 e. The first-order valence-electron chi connectivity index (χ1n) is 14.3. The van der Waals surface area contributed by atoms with E-state index >= 15 is 0 Å². The number of nitrogens with one attached hydrogen (secondary N) is 1. The number of nitrogens with zero attached hydrogens (tertiary/aromatic N) is 3. The lowest BCUT2D eigenvalue weighted by Gasteiger charge is -2.40. The number of anilines is 1. The number of piperidine rings is 1. The Morgan fingerprint density at radius 3 is 2.41 bits per heavy atom. The Balaban J connectivity index is 0.00000405. The number of carbonyl (C=O) groups excluding carboxylic acids is 4. The van der Waals surface area contributed by atoms with Crippen LogP contribution in [-0.2, 0) is 25.7 Å². The predicted molar refractivity (Wildman–Crippen MR) is 160 cm³/mol. The average Bonchev–Trinajstić information content (AvgIpc) is 3.30. The molecule has 0 spiro atoms. The molecule has 1 N–H and O–H groups in total. The first kappa shape index (κ1) is 29.0. The molecule has 3 aliphatic rings. The van der Waals surface area contributed by atoms with Crippen molar-refractivity contribution in [3.63, 3.8) is 0 Å². The minimum atomic E-state index is -0.720. The lowest BCUT2D eigenvalue weighted by Crippen LogP contribution is -2.51. The van der Waals surface area contributed by atoms with E-state index in [4.69, 9.17) is 4.74 Å². The van der Waals surface area contributed by atoms with Gasteiger partial charge in [-0.15, -0.1) is 11.8 Å². The van der Waals surface area contributed by atoms with Crippen LogP contribution in [0.25, 0.3) is 0 Å². The van der Waals surface area contributed by atoms with E-state index in [1.54, 1.807) is 4.90 Å². The maximum Gasteiger partial charge on any atom is 0.328 e. The normalized spacial score (nSPS) is 22.0. The number of carbonyl (C=O) groups is 4. The molecule has 0 saturated carbocycles. The van der Waals surface area contributed by atoms with Crippen molar-refractivity contribution in [1.82, 2.24) is 14.7 Å². The van der Waals surface area contributed by atoms with Gasteiger partial charge in [0, 0.05) is 39.2 Å². The summed E-state index contributed by atoms with van der Waals surface area (Å²) in [5.41, 5.74) is 2.86. The summed E-state index contributed by atoms with van der Waals surface area (Å²) in [6, 6.07) is 16.7. The standard InChI is InChI=1S/C31H38N4O5S.H2/c1-20(2)17-25(30(38)40-3)35-28(37)26(41-29(35)21-9-5-4-6-10-21)18-27(36)33-15-13-23(14-16-33)34-19-22-11-7-8-12-24(22)32-31(34)39;/h4-12,20,23,25-26,29H,13-19H2,1-3H3,(H,32,39);1H/t25-,26?,29?;/m0./s1. The van der Waals surface area contributed by atoms with Gasteiger partial charge in [0.1, 0.15) is 11.4 Å². The lowest BCUT2D eigenvalue weighted by molar-refractivity contribution is -0.153. The molecule has 0 bridgehead atoms. The van der Waals surface area contributed by atoms with Crippen LogP contribution < -0.4 is 5.32 Å². The van der Waals surface area contributed by atoms with Crippen LogP contribution in [0.1, 0.15) is 57.5 Å². The van der Waals surface area contributed by atoms with Crippen LogP contribution in [0.2, 0.25) is 0 Å². The van der Waals surface area contributed by atoms with E-state index in [1.807, 2.05) is 78.2 Å².